The van der Waals surface area contributed by atoms with Gasteiger partial charge in [-0.05, 0) is 26.0 Å². The van der Waals surface area contributed by atoms with E-state index in [1.165, 1.54) is 7.11 Å². The predicted octanol–water partition coefficient (Wildman–Crippen LogP) is 0.792. The first-order chi connectivity index (χ1) is 11.9. The lowest BCUT2D eigenvalue weighted by atomic mass is 10.1. The molecule has 0 spiro atoms. The molecule has 0 bridgehead atoms. The standard InChI is InChI=1S/C18H25N3O4/c1-13(2)21(14-7-5-4-6-8-14)16(22)12-20-10-9-19-18(24)15(20)11-17(23)25-3/h4-8,13,15H,9-12H2,1-3H3,(H,19,24)/t15-/m1/s1. The number of carbonyl (C=O) groups excluding carboxylic acids is 3. The van der Waals surface area contributed by atoms with Crippen LogP contribution in [0, 0.1) is 0 Å². The first kappa shape index (κ1) is 18.9. The van der Waals surface area contributed by atoms with Crippen LogP contribution in [0.15, 0.2) is 30.3 Å². The lowest BCUT2D eigenvalue weighted by Crippen LogP contribution is -2.58. The number of piperazine rings is 1. The Kier molecular flexibility index (Phi) is 6.52. The number of benzene rings is 1. The molecule has 7 heteroatoms. The van der Waals surface area contributed by atoms with Gasteiger partial charge in [-0.3, -0.25) is 19.3 Å². The summed E-state index contributed by atoms with van der Waals surface area (Å²) in [6.45, 7) is 4.93. The van der Waals surface area contributed by atoms with Crippen molar-refractivity contribution in [1.82, 2.24) is 10.2 Å². The average Bonchev–Trinajstić information content (AvgIpc) is 2.58. The number of ether oxygens (including phenoxy) is 1. The Morgan fingerprint density at radius 1 is 1.32 bits per heavy atom. The SMILES string of the molecule is COC(=O)C[C@@H]1C(=O)NCCN1CC(=O)N(c1ccccc1)C(C)C. The van der Waals surface area contributed by atoms with E-state index in [2.05, 4.69) is 10.1 Å². The zero-order chi connectivity index (χ0) is 18.4. The Balaban J connectivity index is 2.15. The first-order valence-electron chi connectivity index (χ1n) is 8.39. The van der Waals surface area contributed by atoms with E-state index in [1.54, 1.807) is 9.80 Å². The molecule has 0 aliphatic carbocycles. The minimum Gasteiger partial charge on any atom is -0.469 e. The van der Waals surface area contributed by atoms with Gasteiger partial charge in [0.25, 0.3) is 0 Å². The molecule has 1 aliphatic rings. The minimum atomic E-state index is -0.685. The van der Waals surface area contributed by atoms with Crippen LogP contribution >= 0.6 is 0 Å². The summed E-state index contributed by atoms with van der Waals surface area (Å²) >= 11 is 0. The van der Waals surface area contributed by atoms with Crippen molar-refractivity contribution in [2.45, 2.75) is 32.4 Å². The summed E-state index contributed by atoms with van der Waals surface area (Å²) in [7, 11) is 1.29. The molecule has 0 aromatic heterocycles. The summed E-state index contributed by atoms with van der Waals surface area (Å²) < 4.78 is 4.67. The van der Waals surface area contributed by atoms with Crippen LogP contribution in [-0.4, -0.2) is 61.5 Å². The van der Waals surface area contributed by atoms with Gasteiger partial charge in [0.1, 0.15) is 6.04 Å². The van der Waals surface area contributed by atoms with Gasteiger partial charge in [0, 0.05) is 24.8 Å². The van der Waals surface area contributed by atoms with Crippen LogP contribution in [-0.2, 0) is 19.1 Å². The molecule has 0 unspecified atom stereocenters. The zero-order valence-electron chi connectivity index (χ0n) is 14.9. The molecular formula is C18H25N3O4. The number of anilines is 1. The van der Waals surface area contributed by atoms with Crippen LogP contribution < -0.4 is 10.2 Å². The summed E-state index contributed by atoms with van der Waals surface area (Å²) in [6.07, 6.45) is -0.0668. The molecule has 136 valence electrons. The van der Waals surface area contributed by atoms with E-state index < -0.39 is 12.0 Å². The van der Waals surface area contributed by atoms with Crippen molar-refractivity contribution in [3.05, 3.63) is 30.3 Å². The van der Waals surface area contributed by atoms with E-state index in [4.69, 9.17) is 0 Å². The highest BCUT2D eigenvalue weighted by molar-refractivity contribution is 5.96. The fourth-order valence-electron chi connectivity index (χ4n) is 2.98. The smallest absolute Gasteiger partial charge is 0.307 e. The lowest BCUT2D eigenvalue weighted by molar-refractivity contribution is -0.146. The quantitative estimate of drug-likeness (QED) is 0.770. The van der Waals surface area contributed by atoms with Gasteiger partial charge in [-0.1, -0.05) is 18.2 Å². The third-order valence-electron chi connectivity index (χ3n) is 4.19. The van der Waals surface area contributed by atoms with Gasteiger partial charge >= 0.3 is 5.97 Å². The summed E-state index contributed by atoms with van der Waals surface area (Å²) in [6, 6.07) is 8.72. The minimum absolute atomic E-state index is 0.0208. The molecule has 1 aromatic carbocycles. The highest BCUT2D eigenvalue weighted by Crippen LogP contribution is 2.18. The maximum atomic E-state index is 12.9. The van der Waals surface area contributed by atoms with E-state index in [9.17, 15) is 14.4 Å². The number of amides is 2. The number of para-hydroxylation sites is 1. The Labute approximate surface area is 147 Å². The van der Waals surface area contributed by atoms with E-state index in [0.717, 1.165) is 5.69 Å². The Morgan fingerprint density at radius 2 is 2.00 bits per heavy atom. The third-order valence-corrected chi connectivity index (χ3v) is 4.19. The Bertz CT molecular complexity index is 618. The van der Waals surface area contributed by atoms with Crippen molar-refractivity contribution < 1.29 is 19.1 Å². The van der Waals surface area contributed by atoms with Crippen LogP contribution in [0.4, 0.5) is 5.69 Å². The second-order valence-electron chi connectivity index (χ2n) is 6.25. The van der Waals surface area contributed by atoms with Gasteiger partial charge in [-0.2, -0.15) is 0 Å². The van der Waals surface area contributed by atoms with Crippen LogP contribution in [0.2, 0.25) is 0 Å². The van der Waals surface area contributed by atoms with Gasteiger partial charge in [0.15, 0.2) is 0 Å². The summed E-state index contributed by atoms with van der Waals surface area (Å²) in [5, 5.41) is 2.74. The highest BCUT2D eigenvalue weighted by atomic mass is 16.5. The van der Waals surface area contributed by atoms with Gasteiger partial charge < -0.3 is 15.0 Å². The highest BCUT2D eigenvalue weighted by Gasteiger charge is 2.34. The summed E-state index contributed by atoms with van der Waals surface area (Å²) in [5.41, 5.74) is 0.813. The maximum Gasteiger partial charge on any atom is 0.307 e. The van der Waals surface area contributed by atoms with Crippen molar-refractivity contribution in [3.63, 3.8) is 0 Å². The van der Waals surface area contributed by atoms with Crippen LogP contribution in [0.25, 0.3) is 0 Å². The normalized spacial score (nSPS) is 17.9. The number of nitrogens with zero attached hydrogens (tertiary/aromatic N) is 2. The zero-order valence-corrected chi connectivity index (χ0v) is 14.9. The van der Waals surface area contributed by atoms with Gasteiger partial charge in [-0.15, -0.1) is 0 Å². The Morgan fingerprint density at radius 3 is 2.60 bits per heavy atom. The lowest BCUT2D eigenvalue weighted by Gasteiger charge is -2.36. The molecular weight excluding hydrogens is 322 g/mol. The van der Waals surface area contributed by atoms with E-state index >= 15 is 0 Å². The number of carbonyl (C=O) groups is 3. The van der Waals surface area contributed by atoms with Crippen LogP contribution in [0.5, 0.6) is 0 Å². The molecule has 7 nitrogen and oxygen atoms in total. The second kappa shape index (κ2) is 8.62. The maximum absolute atomic E-state index is 12.9. The molecule has 1 heterocycles. The number of hydrogen-bond donors (Lipinski definition) is 1. The van der Waals surface area contributed by atoms with Crippen molar-refractivity contribution >= 4 is 23.5 Å². The van der Waals surface area contributed by atoms with Crippen molar-refractivity contribution in [2.75, 3.05) is 31.6 Å². The van der Waals surface area contributed by atoms with Crippen molar-refractivity contribution in [1.29, 1.82) is 0 Å². The molecule has 1 aromatic rings. The molecule has 0 radical (unpaired) electrons. The predicted molar refractivity (Wildman–Crippen MR) is 94.1 cm³/mol. The average molecular weight is 347 g/mol. The number of rotatable bonds is 6. The van der Waals surface area contributed by atoms with Gasteiger partial charge in [0.2, 0.25) is 11.8 Å². The third kappa shape index (κ3) is 4.79. The van der Waals surface area contributed by atoms with E-state index in [-0.39, 0.29) is 30.8 Å². The number of methoxy groups -OCH3 is 1. The monoisotopic (exact) mass is 347 g/mol. The summed E-state index contributed by atoms with van der Waals surface area (Å²) in [4.78, 5) is 40.1. The molecule has 2 rings (SSSR count). The molecule has 1 fully saturated rings. The largest absolute Gasteiger partial charge is 0.469 e. The molecule has 2 amide bonds. The molecule has 1 aliphatic heterocycles. The van der Waals surface area contributed by atoms with Gasteiger partial charge in [-0.25, -0.2) is 0 Å². The van der Waals surface area contributed by atoms with Crippen molar-refractivity contribution in [3.8, 4) is 0 Å². The molecule has 1 atom stereocenters. The van der Waals surface area contributed by atoms with Crippen LogP contribution in [0.3, 0.4) is 0 Å². The summed E-state index contributed by atoms with van der Waals surface area (Å²) in [5.74, 6) is -0.825. The second-order valence-corrected chi connectivity index (χ2v) is 6.25. The van der Waals surface area contributed by atoms with Crippen molar-refractivity contribution in [2.24, 2.45) is 0 Å². The fourth-order valence-corrected chi connectivity index (χ4v) is 2.98. The molecule has 1 N–H and O–H groups in total. The number of hydrogen-bond acceptors (Lipinski definition) is 5. The molecule has 25 heavy (non-hydrogen) atoms. The Hall–Kier alpha value is -2.41. The number of esters is 1. The number of nitrogens with one attached hydrogen (secondary N) is 1. The van der Waals surface area contributed by atoms with E-state index in [1.807, 2.05) is 44.2 Å². The molecule has 1 saturated heterocycles. The first-order valence-corrected chi connectivity index (χ1v) is 8.39. The van der Waals surface area contributed by atoms with E-state index in [0.29, 0.717) is 13.1 Å². The fraction of sp³-hybridized carbons (Fsp3) is 0.500. The molecule has 0 saturated carbocycles. The van der Waals surface area contributed by atoms with Crippen LogP contribution in [0.1, 0.15) is 20.3 Å². The topological polar surface area (TPSA) is 79.0 Å². The van der Waals surface area contributed by atoms with Gasteiger partial charge in [0.05, 0.1) is 20.1 Å².